The van der Waals surface area contributed by atoms with E-state index in [-0.39, 0.29) is 60.3 Å². The third-order valence-electron chi connectivity index (χ3n) is 14.4. The van der Waals surface area contributed by atoms with Gasteiger partial charge in [0.1, 0.15) is 5.82 Å². The van der Waals surface area contributed by atoms with Gasteiger partial charge in [-0.05, 0) is 155 Å². The molecular weight excluding hydrogens is 1200 g/mol. The SMILES string of the molecule is [2H]c1c([2H])c([2H])c(-c2ccc3c(c2)n(-c2[c-]c(Oc4[c-]c5c(cc4)c4ccccc4n5-c4cc(C(C)(C)C)ccn4)ccc2)[c-][n+]3-c2c(-c3c([2H])c(-c4c([2H])c([2H])c([2H])c([2H])c4[2H])c([2H])c(-c4c([2H])c([2H])c([2H])c([2H])c4[2H])c3[2H])cc(C([2H])([2H])[2H])cc2-c2c([2H])c([2H])c3c(c2[2H])C(C([2H])([2H])[2H])(C([2H])([2H])[2H])CC3(C([2H])([2H])[2H])C([2H])([2H])[2H])c([2H])c1[2H].[Pt]. The Morgan fingerprint density at radius 1 is 0.571 bits per heavy atom. The molecule has 3 heterocycles. The number of aryl methyl sites for hydroxylation is 1. The Labute approximate surface area is 558 Å². The molecule has 5 nitrogen and oxygen atoms in total. The summed E-state index contributed by atoms with van der Waals surface area (Å²) in [5.74, 6) is 0.568. The van der Waals surface area contributed by atoms with Crippen LogP contribution in [0.2, 0.25) is 0 Å². The van der Waals surface area contributed by atoms with Crippen molar-refractivity contribution in [1.82, 2.24) is 14.1 Å². The molecule has 6 heteroatoms. The van der Waals surface area contributed by atoms with E-state index < -0.39 is 251 Å². The second kappa shape index (κ2) is 21.1. The van der Waals surface area contributed by atoms with Crippen LogP contribution in [-0.2, 0) is 37.3 Å². The summed E-state index contributed by atoms with van der Waals surface area (Å²) in [4.78, 5) is 4.77. The molecule has 10 aromatic carbocycles. The Hall–Kier alpha value is -8.89. The van der Waals surface area contributed by atoms with Crippen LogP contribution in [0.25, 0.3) is 106 Å². The predicted octanol–water partition coefficient (Wildman–Crippen LogP) is 19.5. The van der Waals surface area contributed by atoms with Crippen LogP contribution in [0.15, 0.2) is 230 Å². The minimum absolute atomic E-state index is 0. The second-order valence-corrected chi connectivity index (χ2v) is 21.0. The van der Waals surface area contributed by atoms with Crippen LogP contribution in [0, 0.1) is 25.3 Å². The monoisotopic (exact) mass is 1300 g/mol. The van der Waals surface area contributed by atoms with Gasteiger partial charge in [-0.1, -0.05) is 210 Å². The van der Waals surface area contributed by atoms with Gasteiger partial charge in [0.2, 0.25) is 0 Å². The molecule has 3 aromatic heterocycles. The van der Waals surface area contributed by atoms with Gasteiger partial charge in [-0.15, -0.1) is 29.7 Å². The van der Waals surface area contributed by atoms with Crippen molar-refractivity contribution in [1.29, 1.82) is 0 Å². The largest absolute Gasteiger partial charge is 0.510 e. The number of rotatable bonds is 10. The van der Waals surface area contributed by atoms with Gasteiger partial charge < -0.3 is 13.9 Å². The Morgan fingerprint density at radius 3 is 1.92 bits per heavy atom. The Bertz CT molecular complexity index is 6350. The molecule has 0 saturated carbocycles. The van der Waals surface area contributed by atoms with Crippen LogP contribution in [0.3, 0.4) is 0 Å². The number of hydrogen-bond donors (Lipinski definition) is 0. The quantitative estimate of drug-likeness (QED) is 0.101. The first-order valence-electron chi connectivity index (χ1n) is 43.9. The van der Waals surface area contributed by atoms with E-state index in [0.29, 0.717) is 11.3 Å². The molecule has 0 radical (unpaired) electrons. The van der Waals surface area contributed by atoms with Gasteiger partial charge in [-0.2, -0.15) is 18.2 Å². The predicted molar refractivity (Wildman–Crippen MR) is 341 cm³/mol. The molecule has 13 aromatic rings. The van der Waals surface area contributed by atoms with Crippen molar-refractivity contribution in [3.63, 3.8) is 0 Å². The summed E-state index contributed by atoms with van der Waals surface area (Å²) in [6.45, 7) is -13.7. The Morgan fingerprint density at radius 2 is 1.23 bits per heavy atom. The summed E-state index contributed by atoms with van der Waals surface area (Å²) in [5, 5.41) is 1.58. The molecule has 0 spiro atoms. The maximum Gasteiger partial charge on any atom is 0.268 e. The number of imidazole rings is 1. The molecule has 0 saturated heterocycles. The van der Waals surface area contributed by atoms with Crippen molar-refractivity contribution >= 4 is 32.8 Å². The maximum absolute atomic E-state index is 10.5. The smallest absolute Gasteiger partial charge is 0.268 e. The van der Waals surface area contributed by atoms with E-state index in [1.807, 2.05) is 47.0 Å². The van der Waals surface area contributed by atoms with Gasteiger partial charge in [0.15, 0.2) is 0 Å². The van der Waals surface area contributed by atoms with E-state index in [2.05, 4.69) is 39.2 Å². The molecule has 0 aliphatic heterocycles. The van der Waals surface area contributed by atoms with Crippen molar-refractivity contribution in [2.45, 2.75) is 77.7 Å². The Kier molecular flexibility index (Phi) is 6.83. The van der Waals surface area contributed by atoms with Gasteiger partial charge in [0, 0.05) is 64.8 Å². The summed E-state index contributed by atoms with van der Waals surface area (Å²) >= 11 is 0. The number of benzene rings is 10. The molecule has 1 aliphatic carbocycles. The van der Waals surface area contributed by atoms with Crippen molar-refractivity contribution in [2.75, 3.05) is 0 Å². The molecule has 414 valence electrons. The molecule has 14 rings (SSSR count). The van der Waals surface area contributed by atoms with Crippen LogP contribution < -0.4 is 9.30 Å². The van der Waals surface area contributed by atoms with E-state index in [9.17, 15) is 20.6 Å². The molecule has 84 heavy (non-hydrogen) atoms. The van der Waals surface area contributed by atoms with Gasteiger partial charge in [0.05, 0.1) is 45.5 Å². The second-order valence-electron chi connectivity index (χ2n) is 21.0. The van der Waals surface area contributed by atoms with Crippen LogP contribution in [-0.4, -0.2) is 14.1 Å². The molecule has 0 N–H and O–H groups in total. The van der Waals surface area contributed by atoms with Crippen LogP contribution in [0.4, 0.5) is 0 Å². The zero-order chi connectivity index (χ0) is 87.6. The molecular formula is C78H64N4OPt-2. The summed E-state index contributed by atoms with van der Waals surface area (Å²) < 4.78 is 343. The van der Waals surface area contributed by atoms with Crippen molar-refractivity contribution in [3.8, 4) is 84.3 Å². The average molecular weight is 1300 g/mol. The van der Waals surface area contributed by atoms with Gasteiger partial charge >= 0.3 is 0 Å². The number of pyridine rings is 1. The number of aromatic nitrogens is 4. The van der Waals surface area contributed by atoms with E-state index >= 15 is 0 Å². The number of para-hydroxylation sites is 1. The van der Waals surface area contributed by atoms with Gasteiger partial charge in [-0.25, -0.2) is 4.98 Å². The first-order chi connectivity index (χ1) is 55.1. The summed E-state index contributed by atoms with van der Waals surface area (Å²) in [6.07, 6.45) is 2.92. The van der Waals surface area contributed by atoms with Crippen molar-refractivity contribution in [2.24, 2.45) is 0 Å². The van der Waals surface area contributed by atoms with E-state index in [1.54, 1.807) is 12.3 Å². The topological polar surface area (TPSA) is 35.9 Å². The summed E-state index contributed by atoms with van der Waals surface area (Å²) in [7, 11) is 0. The minimum Gasteiger partial charge on any atom is -0.510 e. The fourth-order valence-electron chi connectivity index (χ4n) is 10.5. The van der Waals surface area contributed by atoms with E-state index in [0.717, 1.165) is 38.6 Å². The molecule has 0 bridgehead atoms. The molecule has 0 atom stereocenters. The fraction of sp³-hybridized carbons (Fsp3) is 0.154. The number of ether oxygens (including phenoxy) is 1. The third kappa shape index (κ3) is 9.78. The summed E-state index contributed by atoms with van der Waals surface area (Å²) in [6, 6.07) is 8.18. The van der Waals surface area contributed by atoms with Gasteiger partial charge in [0.25, 0.3) is 6.33 Å². The van der Waals surface area contributed by atoms with Crippen LogP contribution >= 0.6 is 0 Å². The molecule has 1 aliphatic rings. The fourth-order valence-corrected chi connectivity index (χ4v) is 10.5. The normalized spacial score (nSPS) is 20.4. The zero-order valence-electron chi connectivity index (χ0n) is 80.5. The number of fused-ring (bicyclic) bond motifs is 5. The minimum atomic E-state index is -4.11. The number of hydrogen-bond acceptors (Lipinski definition) is 2. The zero-order valence-corrected chi connectivity index (χ0v) is 46.8. The first-order valence-corrected chi connectivity index (χ1v) is 25.9. The van der Waals surface area contributed by atoms with Crippen LogP contribution in [0.5, 0.6) is 11.5 Å². The molecule has 0 amide bonds. The number of nitrogens with zero attached hydrogens (tertiary/aromatic N) is 4. The molecule has 0 unspecified atom stereocenters. The van der Waals surface area contributed by atoms with E-state index in [4.69, 9.17) is 38.5 Å². The van der Waals surface area contributed by atoms with Crippen molar-refractivity contribution in [3.05, 3.63) is 271 Å². The van der Waals surface area contributed by atoms with Crippen LogP contribution in [0.1, 0.15) is 126 Å². The van der Waals surface area contributed by atoms with Gasteiger partial charge in [-0.3, -0.25) is 4.57 Å². The average Bonchev–Trinajstić information content (AvgIpc) is 1.48. The van der Waals surface area contributed by atoms with Crippen molar-refractivity contribution < 1.29 is 79.7 Å². The third-order valence-corrected chi connectivity index (χ3v) is 14.4. The maximum atomic E-state index is 10.5. The standard InChI is InChI=1S/C78H64N4O.Pt/c1-51-39-66(56-31-35-68-69(44-56)78(7,8)49-77(68,5)6)75(67(40-51)59-42-57(53-23-14-10-15-24-53)41-58(43-59)54-25-16-11-17-26-54)81-50-80(73-45-55(32-36-71(73)81)52-21-12-9-13-22-52)61-27-20-28-62(47-61)83-63-33-34-65-64-29-18-19-30-70(64)82(72(65)48-63)74-46-60(37-38-79-74)76(2,3)4;/h9-46H,49H2,1-8H3;/q-2;/i1D3,5D3,6D3,7D3,8D3,9D,10D,11D,12D,13D,14D,15D,16D,17D,21D,22D,23D,24D,25D,26D,31D,35D,41D,42D,43D,44D;. The first kappa shape index (κ1) is 27.2. The Balaban J connectivity index is 0.0000124. The van der Waals surface area contributed by atoms with E-state index in [1.165, 1.54) is 41.0 Å². The molecule has 0 fully saturated rings. The summed E-state index contributed by atoms with van der Waals surface area (Å²) in [5.41, 5.74) is -19.7.